The van der Waals surface area contributed by atoms with Crippen molar-refractivity contribution in [1.82, 2.24) is 0 Å². The number of benzene rings is 2. The molecule has 116 valence electrons. The zero-order valence-electron chi connectivity index (χ0n) is 13.2. The zero-order valence-corrected chi connectivity index (χ0v) is 13.2. The molecule has 4 heteroatoms. The zero-order chi connectivity index (χ0) is 16.3. The van der Waals surface area contributed by atoms with E-state index in [1.807, 2.05) is 20.8 Å². The number of esters is 1. The van der Waals surface area contributed by atoms with Gasteiger partial charge in [0, 0.05) is 5.56 Å². The Morgan fingerprint density at radius 1 is 1.00 bits per heavy atom. The van der Waals surface area contributed by atoms with Crippen molar-refractivity contribution in [2.24, 2.45) is 0 Å². The van der Waals surface area contributed by atoms with E-state index in [0.717, 1.165) is 5.56 Å². The third-order valence-corrected chi connectivity index (χ3v) is 3.31. The molecule has 2 rings (SSSR count). The van der Waals surface area contributed by atoms with Crippen molar-refractivity contribution >= 4 is 5.97 Å². The maximum atomic E-state index is 12.1. The minimum absolute atomic E-state index is 0.191. The average Bonchev–Trinajstić information content (AvgIpc) is 2.48. The van der Waals surface area contributed by atoms with Crippen LogP contribution in [0.5, 0.6) is 17.2 Å². The predicted molar refractivity (Wildman–Crippen MR) is 84.8 cm³/mol. The molecule has 0 amide bonds. The molecule has 0 saturated heterocycles. The Hall–Kier alpha value is -2.49. The van der Waals surface area contributed by atoms with Crippen molar-refractivity contribution in [3.8, 4) is 17.2 Å². The van der Waals surface area contributed by atoms with Crippen LogP contribution >= 0.6 is 0 Å². The molecule has 1 N–H and O–H groups in total. The van der Waals surface area contributed by atoms with Crippen molar-refractivity contribution in [3.63, 3.8) is 0 Å². The van der Waals surface area contributed by atoms with E-state index in [4.69, 9.17) is 9.47 Å². The number of aromatic hydroxyl groups is 1. The van der Waals surface area contributed by atoms with E-state index in [0.29, 0.717) is 17.1 Å². The summed E-state index contributed by atoms with van der Waals surface area (Å²) in [5, 5.41) is 9.93. The van der Waals surface area contributed by atoms with Crippen molar-refractivity contribution < 1.29 is 19.4 Å². The molecule has 0 heterocycles. The molecular formula is C18H20O4. The van der Waals surface area contributed by atoms with Gasteiger partial charge in [0.25, 0.3) is 0 Å². The number of rotatable bonds is 3. The monoisotopic (exact) mass is 300 g/mol. The SMILES string of the molecule is COc1ccc(C(=O)Oc2ccc(O)c(C(C)(C)C)c2)cc1. The van der Waals surface area contributed by atoms with Gasteiger partial charge in [-0.05, 0) is 47.9 Å². The molecular weight excluding hydrogens is 280 g/mol. The Kier molecular flexibility index (Phi) is 4.40. The number of methoxy groups -OCH3 is 1. The normalized spacial score (nSPS) is 11.1. The lowest BCUT2D eigenvalue weighted by Crippen LogP contribution is -2.13. The first-order valence-electron chi connectivity index (χ1n) is 7.01. The molecule has 0 aliphatic carbocycles. The van der Waals surface area contributed by atoms with Gasteiger partial charge in [-0.15, -0.1) is 0 Å². The van der Waals surface area contributed by atoms with Gasteiger partial charge in [0.05, 0.1) is 12.7 Å². The van der Waals surface area contributed by atoms with Crippen LogP contribution in [-0.4, -0.2) is 18.2 Å². The quantitative estimate of drug-likeness (QED) is 0.689. The molecule has 0 aliphatic heterocycles. The van der Waals surface area contributed by atoms with Crippen LogP contribution < -0.4 is 9.47 Å². The molecule has 0 aliphatic rings. The summed E-state index contributed by atoms with van der Waals surface area (Å²) in [6.45, 7) is 5.95. The molecule has 22 heavy (non-hydrogen) atoms. The van der Waals surface area contributed by atoms with E-state index in [-0.39, 0.29) is 11.2 Å². The van der Waals surface area contributed by atoms with Crippen LogP contribution in [0, 0.1) is 0 Å². The maximum Gasteiger partial charge on any atom is 0.343 e. The molecule has 0 fully saturated rings. The van der Waals surface area contributed by atoms with Gasteiger partial charge in [-0.2, -0.15) is 0 Å². The van der Waals surface area contributed by atoms with E-state index in [1.54, 1.807) is 43.5 Å². The van der Waals surface area contributed by atoms with E-state index >= 15 is 0 Å². The number of hydrogen-bond acceptors (Lipinski definition) is 4. The standard InChI is InChI=1S/C18H20O4/c1-18(2,3)15-11-14(9-10-16(15)19)22-17(20)12-5-7-13(21-4)8-6-12/h5-11,19H,1-4H3. The lowest BCUT2D eigenvalue weighted by molar-refractivity contribution is 0.0734. The van der Waals surface area contributed by atoms with Crippen molar-refractivity contribution in [3.05, 3.63) is 53.6 Å². The summed E-state index contributed by atoms with van der Waals surface area (Å²) in [5.41, 5.74) is 0.922. The molecule has 0 aromatic heterocycles. The number of ether oxygens (including phenoxy) is 2. The van der Waals surface area contributed by atoms with Gasteiger partial charge in [0.1, 0.15) is 17.2 Å². The second-order valence-corrected chi connectivity index (χ2v) is 6.05. The number of phenols is 1. The Bertz CT molecular complexity index is 666. The van der Waals surface area contributed by atoms with Crippen LogP contribution in [0.25, 0.3) is 0 Å². The highest BCUT2D eigenvalue weighted by molar-refractivity contribution is 5.91. The van der Waals surface area contributed by atoms with Gasteiger partial charge in [0.2, 0.25) is 0 Å². The fraction of sp³-hybridized carbons (Fsp3) is 0.278. The van der Waals surface area contributed by atoms with Crippen molar-refractivity contribution in [2.75, 3.05) is 7.11 Å². The van der Waals surface area contributed by atoms with E-state index in [1.165, 1.54) is 6.07 Å². The highest BCUT2D eigenvalue weighted by Crippen LogP contribution is 2.33. The summed E-state index contributed by atoms with van der Waals surface area (Å²) in [7, 11) is 1.57. The lowest BCUT2D eigenvalue weighted by Gasteiger charge is -2.21. The largest absolute Gasteiger partial charge is 0.508 e. The van der Waals surface area contributed by atoms with Gasteiger partial charge >= 0.3 is 5.97 Å². The third-order valence-electron chi connectivity index (χ3n) is 3.31. The van der Waals surface area contributed by atoms with Gasteiger partial charge < -0.3 is 14.6 Å². The average molecular weight is 300 g/mol. The first kappa shape index (κ1) is 15.9. The van der Waals surface area contributed by atoms with Crippen LogP contribution in [0.4, 0.5) is 0 Å². The van der Waals surface area contributed by atoms with Crippen LogP contribution in [-0.2, 0) is 5.41 Å². The Labute approximate surface area is 130 Å². The summed E-state index contributed by atoms with van der Waals surface area (Å²) in [6, 6.07) is 11.5. The molecule has 4 nitrogen and oxygen atoms in total. The van der Waals surface area contributed by atoms with Gasteiger partial charge in [-0.25, -0.2) is 4.79 Å². The smallest absolute Gasteiger partial charge is 0.343 e. The summed E-state index contributed by atoms with van der Waals surface area (Å²) >= 11 is 0. The van der Waals surface area contributed by atoms with Crippen LogP contribution in [0.1, 0.15) is 36.7 Å². The lowest BCUT2D eigenvalue weighted by atomic mass is 9.86. The number of hydrogen-bond donors (Lipinski definition) is 1. The first-order valence-corrected chi connectivity index (χ1v) is 7.01. The maximum absolute atomic E-state index is 12.1. The van der Waals surface area contributed by atoms with Crippen molar-refractivity contribution in [2.45, 2.75) is 26.2 Å². The number of phenolic OH excluding ortho intramolecular Hbond substituents is 1. The third kappa shape index (κ3) is 3.58. The van der Waals surface area contributed by atoms with Gasteiger partial charge in [-0.3, -0.25) is 0 Å². The summed E-state index contributed by atoms with van der Waals surface area (Å²) in [5.74, 6) is 0.824. The minimum Gasteiger partial charge on any atom is -0.508 e. The molecule has 0 saturated carbocycles. The fourth-order valence-corrected chi connectivity index (χ4v) is 2.07. The molecule has 0 bridgehead atoms. The minimum atomic E-state index is -0.451. The van der Waals surface area contributed by atoms with Crippen LogP contribution in [0.3, 0.4) is 0 Å². The summed E-state index contributed by atoms with van der Waals surface area (Å²) < 4.78 is 10.4. The van der Waals surface area contributed by atoms with Crippen molar-refractivity contribution in [1.29, 1.82) is 0 Å². The van der Waals surface area contributed by atoms with Gasteiger partial charge in [0.15, 0.2) is 0 Å². The summed E-state index contributed by atoms with van der Waals surface area (Å²) in [6.07, 6.45) is 0. The van der Waals surface area contributed by atoms with E-state index < -0.39 is 5.97 Å². The molecule has 2 aromatic rings. The first-order chi connectivity index (χ1) is 10.3. The number of carbonyl (C=O) groups excluding carboxylic acids is 1. The summed E-state index contributed by atoms with van der Waals surface area (Å²) in [4.78, 5) is 12.1. The Morgan fingerprint density at radius 2 is 1.59 bits per heavy atom. The molecule has 2 aromatic carbocycles. The fourth-order valence-electron chi connectivity index (χ4n) is 2.07. The molecule has 0 unspecified atom stereocenters. The Morgan fingerprint density at radius 3 is 2.14 bits per heavy atom. The molecule has 0 atom stereocenters. The topological polar surface area (TPSA) is 55.8 Å². The predicted octanol–water partition coefficient (Wildman–Crippen LogP) is 3.92. The number of carbonyl (C=O) groups is 1. The second kappa shape index (κ2) is 6.10. The second-order valence-electron chi connectivity index (χ2n) is 6.05. The van der Waals surface area contributed by atoms with E-state index in [2.05, 4.69) is 0 Å². The molecule has 0 spiro atoms. The Balaban J connectivity index is 2.21. The van der Waals surface area contributed by atoms with Crippen LogP contribution in [0.15, 0.2) is 42.5 Å². The van der Waals surface area contributed by atoms with Crippen LogP contribution in [0.2, 0.25) is 0 Å². The highest BCUT2D eigenvalue weighted by Gasteiger charge is 2.19. The van der Waals surface area contributed by atoms with E-state index in [9.17, 15) is 9.90 Å². The molecule has 0 radical (unpaired) electrons. The highest BCUT2D eigenvalue weighted by atomic mass is 16.5. The van der Waals surface area contributed by atoms with Gasteiger partial charge in [-0.1, -0.05) is 20.8 Å².